The second kappa shape index (κ2) is 14.6. The monoisotopic (exact) mass is 558 g/mol. The molecule has 1 heterocycles. The highest BCUT2D eigenvalue weighted by molar-refractivity contribution is 6.17. The molecule has 0 spiro atoms. The summed E-state index contributed by atoms with van der Waals surface area (Å²) in [7, 11) is 0. The zero-order valence-electron chi connectivity index (χ0n) is 25.1. The Labute approximate surface area is 240 Å². The van der Waals surface area contributed by atoms with Gasteiger partial charge < -0.3 is 19.3 Å². The fourth-order valence-electron chi connectivity index (χ4n) is 4.17. The van der Waals surface area contributed by atoms with E-state index in [1.165, 1.54) is 16.7 Å². The standard InChI is InChI=1S/C16H24ClNO2.C16H23NO2/c1-13-6-8-14(9-7-13)12-18(11-5-10-17)15(19)20-16(2,3)4;1-12-7-9-13(10-8-12)14-6-5-11-17(14)15(18)19-16(2,3)4/h6-9H,5,10-12H2,1-4H3;7-10,14H,5-6,11H2,1-4H3/t;14-/m.0/s1. The Morgan fingerprint density at radius 3 is 1.95 bits per heavy atom. The van der Waals surface area contributed by atoms with Crippen LogP contribution in [0.5, 0.6) is 0 Å². The number of ether oxygens (including phenoxy) is 2. The summed E-state index contributed by atoms with van der Waals surface area (Å²) >= 11 is 5.73. The van der Waals surface area contributed by atoms with Gasteiger partial charge in [-0.3, -0.25) is 0 Å². The minimum Gasteiger partial charge on any atom is -0.444 e. The summed E-state index contributed by atoms with van der Waals surface area (Å²) in [5.74, 6) is 0.535. The normalized spacial score (nSPS) is 15.3. The highest BCUT2D eigenvalue weighted by Gasteiger charge is 2.33. The lowest BCUT2D eigenvalue weighted by Gasteiger charge is -2.28. The minimum absolute atomic E-state index is 0.162. The zero-order chi connectivity index (χ0) is 29.2. The number of amides is 2. The molecule has 0 radical (unpaired) electrons. The Hall–Kier alpha value is -2.73. The van der Waals surface area contributed by atoms with Crippen LogP contribution >= 0.6 is 11.6 Å². The van der Waals surface area contributed by atoms with Crippen molar-refractivity contribution in [1.29, 1.82) is 0 Å². The summed E-state index contributed by atoms with van der Waals surface area (Å²) in [5, 5.41) is 0. The van der Waals surface area contributed by atoms with E-state index < -0.39 is 11.2 Å². The van der Waals surface area contributed by atoms with E-state index >= 15 is 0 Å². The van der Waals surface area contributed by atoms with Gasteiger partial charge in [0.1, 0.15) is 11.2 Å². The first kappa shape index (κ1) is 32.5. The van der Waals surface area contributed by atoms with Crippen LogP contribution in [0.2, 0.25) is 0 Å². The average Bonchev–Trinajstić information content (AvgIpc) is 3.32. The fourth-order valence-corrected chi connectivity index (χ4v) is 4.29. The van der Waals surface area contributed by atoms with Crippen molar-refractivity contribution < 1.29 is 19.1 Å². The van der Waals surface area contributed by atoms with Crippen LogP contribution in [0.15, 0.2) is 48.5 Å². The molecule has 39 heavy (non-hydrogen) atoms. The van der Waals surface area contributed by atoms with E-state index in [9.17, 15) is 9.59 Å². The first-order chi connectivity index (χ1) is 18.2. The van der Waals surface area contributed by atoms with Crippen LogP contribution in [0.1, 0.15) is 89.1 Å². The van der Waals surface area contributed by atoms with Crippen molar-refractivity contribution in [2.24, 2.45) is 0 Å². The van der Waals surface area contributed by atoms with E-state index in [1.54, 1.807) is 4.90 Å². The van der Waals surface area contributed by atoms with Gasteiger partial charge in [0.25, 0.3) is 0 Å². The van der Waals surface area contributed by atoms with Gasteiger partial charge in [-0.05, 0) is 85.8 Å². The number of carbonyl (C=O) groups is 2. The van der Waals surface area contributed by atoms with Gasteiger partial charge in [-0.2, -0.15) is 0 Å². The number of nitrogens with zero attached hydrogens (tertiary/aromatic N) is 2. The molecule has 6 nitrogen and oxygen atoms in total. The molecule has 0 bridgehead atoms. The number of aryl methyl sites for hydroxylation is 2. The summed E-state index contributed by atoms with van der Waals surface area (Å²) in [6.45, 7) is 17.4. The van der Waals surface area contributed by atoms with Gasteiger partial charge in [0, 0.05) is 25.5 Å². The van der Waals surface area contributed by atoms with Gasteiger partial charge in [0.15, 0.2) is 0 Å². The molecule has 1 aliphatic heterocycles. The quantitative estimate of drug-likeness (QED) is 0.334. The van der Waals surface area contributed by atoms with Crippen LogP contribution in [-0.4, -0.2) is 52.2 Å². The Morgan fingerprint density at radius 2 is 1.44 bits per heavy atom. The Kier molecular flexibility index (Phi) is 12.2. The smallest absolute Gasteiger partial charge is 0.410 e. The Morgan fingerprint density at radius 1 is 0.897 bits per heavy atom. The van der Waals surface area contributed by atoms with E-state index in [2.05, 4.69) is 31.2 Å². The van der Waals surface area contributed by atoms with Crippen molar-refractivity contribution in [2.45, 2.75) is 98.4 Å². The van der Waals surface area contributed by atoms with E-state index in [4.69, 9.17) is 21.1 Å². The number of halogens is 1. The topological polar surface area (TPSA) is 59.1 Å². The molecule has 2 aromatic rings. The fraction of sp³-hybridized carbons (Fsp3) is 0.562. The van der Waals surface area contributed by atoms with Crippen LogP contribution < -0.4 is 0 Å². The highest BCUT2D eigenvalue weighted by Crippen LogP contribution is 2.33. The van der Waals surface area contributed by atoms with E-state index in [0.29, 0.717) is 19.0 Å². The first-order valence-electron chi connectivity index (χ1n) is 13.8. The molecule has 0 N–H and O–H groups in total. The molecule has 0 unspecified atom stereocenters. The second-order valence-corrected chi connectivity index (χ2v) is 12.6. The number of hydrogen-bond acceptors (Lipinski definition) is 4. The summed E-state index contributed by atoms with van der Waals surface area (Å²) in [5.41, 5.74) is 3.83. The summed E-state index contributed by atoms with van der Waals surface area (Å²) in [6.07, 6.45) is 2.32. The number of benzene rings is 2. The number of rotatable bonds is 6. The van der Waals surface area contributed by atoms with Crippen molar-refractivity contribution in [1.82, 2.24) is 9.80 Å². The van der Waals surface area contributed by atoms with Gasteiger partial charge >= 0.3 is 12.2 Å². The van der Waals surface area contributed by atoms with Crippen molar-refractivity contribution in [3.05, 3.63) is 70.8 Å². The maximum absolute atomic E-state index is 12.2. The first-order valence-corrected chi connectivity index (χ1v) is 14.4. The number of likely N-dealkylation sites (tertiary alicyclic amines) is 1. The van der Waals surface area contributed by atoms with Gasteiger partial charge in [-0.1, -0.05) is 59.7 Å². The zero-order valence-corrected chi connectivity index (χ0v) is 25.8. The molecule has 1 saturated heterocycles. The van der Waals surface area contributed by atoms with Crippen molar-refractivity contribution in [3.63, 3.8) is 0 Å². The third kappa shape index (κ3) is 11.9. The third-order valence-corrected chi connectivity index (χ3v) is 6.32. The lowest BCUT2D eigenvalue weighted by atomic mass is 10.0. The van der Waals surface area contributed by atoms with Gasteiger partial charge in [-0.25, -0.2) is 9.59 Å². The van der Waals surface area contributed by atoms with Crippen molar-refractivity contribution in [3.8, 4) is 0 Å². The Balaban J connectivity index is 0.000000274. The highest BCUT2D eigenvalue weighted by atomic mass is 35.5. The molecule has 1 atom stereocenters. The van der Waals surface area contributed by atoms with Crippen molar-refractivity contribution in [2.75, 3.05) is 19.0 Å². The largest absolute Gasteiger partial charge is 0.444 e. The number of alkyl halides is 1. The van der Waals surface area contributed by atoms with Gasteiger partial charge in [-0.15, -0.1) is 11.6 Å². The minimum atomic E-state index is -0.483. The maximum Gasteiger partial charge on any atom is 0.410 e. The van der Waals surface area contributed by atoms with Crippen LogP contribution in [-0.2, 0) is 16.0 Å². The third-order valence-electron chi connectivity index (χ3n) is 6.05. The molecule has 2 amide bonds. The molecule has 1 aliphatic rings. The van der Waals surface area contributed by atoms with Gasteiger partial charge in [0.05, 0.1) is 6.04 Å². The molecule has 2 aromatic carbocycles. The average molecular weight is 559 g/mol. The lowest BCUT2D eigenvalue weighted by Crippen LogP contribution is -2.37. The molecule has 7 heteroatoms. The molecule has 3 rings (SSSR count). The predicted octanol–water partition coefficient (Wildman–Crippen LogP) is 8.43. The Bertz CT molecular complexity index is 1040. The van der Waals surface area contributed by atoms with Crippen molar-refractivity contribution >= 4 is 23.8 Å². The van der Waals surface area contributed by atoms with Crippen LogP contribution in [0, 0.1) is 13.8 Å². The second-order valence-electron chi connectivity index (χ2n) is 12.2. The molecule has 0 aliphatic carbocycles. The van der Waals surface area contributed by atoms with Crippen LogP contribution in [0.25, 0.3) is 0 Å². The molecule has 1 fully saturated rings. The van der Waals surface area contributed by atoms with E-state index in [-0.39, 0.29) is 18.2 Å². The molecular formula is C32H47ClN2O4. The molecular weight excluding hydrogens is 512 g/mol. The molecule has 216 valence electrons. The van der Waals surface area contributed by atoms with E-state index in [1.807, 2.05) is 77.6 Å². The van der Waals surface area contributed by atoms with Gasteiger partial charge in [0.2, 0.25) is 0 Å². The number of hydrogen-bond donors (Lipinski definition) is 0. The molecule has 0 saturated carbocycles. The SMILES string of the molecule is Cc1ccc(CN(CCCCl)C(=O)OC(C)(C)C)cc1.Cc1ccc([C@@H]2CCCN2C(=O)OC(C)(C)C)cc1. The summed E-state index contributed by atoms with van der Waals surface area (Å²) in [4.78, 5) is 28.0. The van der Waals surface area contributed by atoms with E-state index in [0.717, 1.165) is 31.4 Å². The maximum atomic E-state index is 12.2. The van der Waals surface area contributed by atoms with Crippen LogP contribution in [0.4, 0.5) is 9.59 Å². The lowest BCUT2D eigenvalue weighted by molar-refractivity contribution is 0.0218. The molecule has 0 aromatic heterocycles. The van der Waals surface area contributed by atoms with Crippen LogP contribution in [0.3, 0.4) is 0 Å². The summed E-state index contributed by atoms with van der Waals surface area (Å²) < 4.78 is 10.9. The number of carbonyl (C=O) groups excluding carboxylic acids is 2. The summed E-state index contributed by atoms with van der Waals surface area (Å²) in [6, 6.07) is 16.7. The predicted molar refractivity (Wildman–Crippen MR) is 159 cm³/mol.